The monoisotopic (exact) mass is 307 g/mol. The topological polar surface area (TPSA) is 21.6 Å². The number of benzene rings is 1. The summed E-state index contributed by atoms with van der Waals surface area (Å²) in [6.07, 6.45) is 0. The molecule has 0 atom stereocenters. The van der Waals surface area contributed by atoms with Crippen molar-refractivity contribution in [1.29, 1.82) is 0 Å². The maximum Gasteiger partial charge on any atom is 0.216 e. The Morgan fingerprint density at radius 2 is 2.23 bits per heavy atom. The summed E-state index contributed by atoms with van der Waals surface area (Å²) in [4.78, 5) is 4.22. The highest BCUT2D eigenvalue weighted by Gasteiger charge is 2.10. The lowest BCUT2D eigenvalue weighted by atomic mass is 10.2. The molecular formula is C9H7ClINO. The highest BCUT2D eigenvalue weighted by molar-refractivity contribution is 14.1. The van der Waals surface area contributed by atoms with Crippen molar-refractivity contribution < 1.29 is 4.74 Å². The zero-order chi connectivity index (χ0) is 9.26. The second kappa shape index (κ2) is 3.84. The predicted molar refractivity (Wildman–Crippen MR) is 61.5 cm³/mol. The molecule has 0 saturated carbocycles. The molecule has 0 bridgehead atoms. The maximum atomic E-state index is 5.91. The molecule has 1 heterocycles. The first-order valence-electron chi connectivity index (χ1n) is 3.89. The second-order valence-electron chi connectivity index (χ2n) is 2.69. The standard InChI is InChI=1S/C9H7ClINO/c10-7-3-6(4-8(11)5-7)9-12-1-2-13-9/h3-5H,1-2H2. The van der Waals surface area contributed by atoms with Crippen molar-refractivity contribution in [3.63, 3.8) is 0 Å². The second-order valence-corrected chi connectivity index (χ2v) is 4.38. The number of aliphatic imine (C=N–C) groups is 1. The molecule has 4 heteroatoms. The Labute approximate surface area is 95.1 Å². The molecule has 0 spiro atoms. The zero-order valence-corrected chi connectivity index (χ0v) is 9.67. The van der Waals surface area contributed by atoms with Crippen LogP contribution in [0.5, 0.6) is 0 Å². The van der Waals surface area contributed by atoms with Gasteiger partial charge in [0.1, 0.15) is 6.61 Å². The molecule has 0 aliphatic carbocycles. The average molecular weight is 308 g/mol. The number of hydrogen-bond donors (Lipinski definition) is 0. The minimum Gasteiger partial charge on any atom is -0.476 e. The van der Waals surface area contributed by atoms with Crippen LogP contribution >= 0.6 is 34.2 Å². The van der Waals surface area contributed by atoms with Crippen molar-refractivity contribution in [2.75, 3.05) is 13.2 Å². The Morgan fingerprint density at radius 1 is 1.38 bits per heavy atom. The van der Waals surface area contributed by atoms with Crippen molar-refractivity contribution in [2.24, 2.45) is 4.99 Å². The van der Waals surface area contributed by atoms with E-state index in [0.717, 1.165) is 20.7 Å². The third kappa shape index (κ3) is 2.14. The Hall–Kier alpha value is -0.290. The molecule has 0 saturated heterocycles. The van der Waals surface area contributed by atoms with E-state index in [-0.39, 0.29) is 0 Å². The average Bonchev–Trinajstić information content (AvgIpc) is 2.53. The van der Waals surface area contributed by atoms with Crippen LogP contribution in [0.3, 0.4) is 0 Å². The van der Waals surface area contributed by atoms with E-state index in [1.807, 2.05) is 18.2 Å². The smallest absolute Gasteiger partial charge is 0.216 e. The lowest BCUT2D eigenvalue weighted by molar-refractivity contribution is 0.348. The van der Waals surface area contributed by atoms with Crippen LogP contribution in [0.15, 0.2) is 23.2 Å². The van der Waals surface area contributed by atoms with Crippen LogP contribution in [0.25, 0.3) is 0 Å². The molecule has 1 aliphatic rings. The lowest BCUT2D eigenvalue weighted by Gasteiger charge is -2.02. The van der Waals surface area contributed by atoms with Crippen LogP contribution in [0.1, 0.15) is 5.56 Å². The van der Waals surface area contributed by atoms with Crippen molar-refractivity contribution in [1.82, 2.24) is 0 Å². The highest BCUT2D eigenvalue weighted by atomic mass is 127. The summed E-state index contributed by atoms with van der Waals surface area (Å²) in [7, 11) is 0. The fourth-order valence-electron chi connectivity index (χ4n) is 1.19. The van der Waals surface area contributed by atoms with E-state index < -0.39 is 0 Å². The van der Waals surface area contributed by atoms with Gasteiger partial charge in [-0.2, -0.15) is 0 Å². The van der Waals surface area contributed by atoms with E-state index in [9.17, 15) is 0 Å². The van der Waals surface area contributed by atoms with Gasteiger partial charge < -0.3 is 4.74 Å². The first kappa shape index (κ1) is 9.27. The van der Waals surface area contributed by atoms with Crippen LogP contribution in [-0.2, 0) is 4.74 Å². The molecule has 2 rings (SSSR count). The van der Waals surface area contributed by atoms with Crippen LogP contribution in [0.2, 0.25) is 5.02 Å². The van der Waals surface area contributed by atoms with Crippen LogP contribution in [0, 0.1) is 3.57 Å². The van der Waals surface area contributed by atoms with Crippen molar-refractivity contribution in [3.05, 3.63) is 32.4 Å². The summed E-state index contributed by atoms with van der Waals surface area (Å²) in [6.45, 7) is 1.43. The van der Waals surface area contributed by atoms with Gasteiger partial charge in [0.2, 0.25) is 5.90 Å². The Kier molecular flexibility index (Phi) is 2.74. The van der Waals surface area contributed by atoms with Gasteiger partial charge in [0, 0.05) is 14.2 Å². The van der Waals surface area contributed by atoms with E-state index >= 15 is 0 Å². The molecule has 2 nitrogen and oxygen atoms in total. The SMILES string of the molecule is Clc1cc(I)cc(C2=NCCO2)c1. The summed E-state index contributed by atoms with van der Waals surface area (Å²) in [5.41, 5.74) is 0.967. The molecular weight excluding hydrogens is 300 g/mol. The van der Waals surface area contributed by atoms with Gasteiger partial charge >= 0.3 is 0 Å². The Balaban J connectivity index is 2.39. The summed E-state index contributed by atoms with van der Waals surface area (Å²) < 4.78 is 6.43. The van der Waals surface area contributed by atoms with Crippen molar-refractivity contribution >= 4 is 40.1 Å². The summed E-state index contributed by atoms with van der Waals surface area (Å²) in [5.74, 6) is 0.709. The molecule has 0 unspecified atom stereocenters. The van der Waals surface area contributed by atoms with E-state index in [0.29, 0.717) is 12.5 Å². The Morgan fingerprint density at radius 3 is 2.85 bits per heavy atom. The zero-order valence-electron chi connectivity index (χ0n) is 6.76. The van der Waals surface area contributed by atoms with Crippen LogP contribution in [-0.4, -0.2) is 19.0 Å². The molecule has 1 aromatic carbocycles. The molecule has 0 radical (unpaired) electrons. The van der Waals surface area contributed by atoms with E-state index in [1.165, 1.54) is 0 Å². The minimum absolute atomic E-state index is 0.679. The number of nitrogens with zero attached hydrogens (tertiary/aromatic N) is 1. The molecule has 1 aromatic rings. The Bertz CT molecular complexity index is 344. The molecule has 1 aliphatic heterocycles. The van der Waals surface area contributed by atoms with Gasteiger partial charge in [-0.3, -0.25) is 0 Å². The van der Waals surface area contributed by atoms with Gasteiger partial charge in [-0.05, 0) is 40.8 Å². The van der Waals surface area contributed by atoms with Gasteiger partial charge in [0.05, 0.1) is 6.54 Å². The summed E-state index contributed by atoms with van der Waals surface area (Å²) in [6, 6.07) is 5.78. The maximum absolute atomic E-state index is 5.91. The van der Waals surface area contributed by atoms with E-state index in [1.54, 1.807) is 0 Å². The fraction of sp³-hybridized carbons (Fsp3) is 0.222. The summed E-state index contributed by atoms with van der Waals surface area (Å²) in [5, 5.41) is 0.722. The normalized spacial score (nSPS) is 15.4. The first-order valence-corrected chi connectivity index (χ1v) is 5.35. The molecule has 0 N–H and O–H groups in total. The van der Waals surface area contributed by atoms with Crippen LogP contribution in [0.4, 0.5) is 0 Å². The van der Waals surface area contributed by atoms with Gasteiger partial charge in [-0.25, -0.2) is 4.99 Å². The van der Waals surface area contributed by atoms with E-state index in [4.69, 9.17) is 16.3 Å². The first-order chi connectivity index (χ1) is 6.25. The third-order valence-corrected chi connectivity index (χ3v) is 2.54. The fourth-order valence-corrected chi connectivity index (χ4v) is 2.28. The molecule has 0 fully saturated rings. The number of rotatable bonds is 1. The largest absolute Gasteiger partial charge is 0.476 e. The van der Waals surface area contributed by atoms with Crippen molar-refractivity contribution in [2.45, 2.75) is 0 Å². The van der Waals surface area contributed by atoms with Gasteiger partial charge in [-0.1, -0.05) is 11.6 Å². The molecule has 0 aromatic heterocycles. The van der Waals surface area contributed by atoms with E-state index in [2.05, 4.69) is 27.6 Å². The van der Waals surface area contributed by atoms with Gasteiger partial charge in [-0.15, -0.1) is 0 Å². The lowest BCUT2D eigenvalue weighted by Crippen LogP contribution is -2.01. The molecule has 68 valence electrons. The predicted octanol–water partition coefficient (Wildman–Crippen LogP) is 2.72. The minimum atomic E-state index is 0.679. The highest BCUT2D eigenvalue weighted by Crippen LogP contribution is 2.18. The van der Waals surface area contributed by atoms with Gasteiger partial charge in [0.15, 0.2) is 0 Å². The van der Waals surface area contributed by atoms with Crippen LogP contribution < -0.4 is 0 Å². The van der Waals surface area contributed by atoms with Gasteiger partial charge in [0.25, 0.3) is 0 Å². The number of ether oxygens (including phenoxy) is 1. The molecule has 0 amide bonds. The quantitative estimate of drug-likeness (QED) is 0.731. The molecule has 13 heavy (non-hydrogen) atoms. The van der Waals surface area contributed by atoms with Crippen molar-refractivity contribution in [3.8, 4) is 0 Å². The number of halogens is 2. The third-order valence-electron chi connectivity index (χ3n) is 1.69. The summed E-state index contributed by atoms with van der Waals surface area (Å²) >= 11 is 8.14. The number of hydrogen-bond acceptors (Lipinski definition) is 2.